The maximum Gasteiger partial charge on any atom is 0.139 e. The summed E-state index contributed by atoms with van der Waals surface area (Å²) in [6, 6.07) is 3.77. The van der Waals surface area contributed by atoms with E-state index in [-0.39, 0.29) is 0 Å². The van der Waals surface area contributed by atoms with Crippen molar-refractivity contribution in [1.82, 2.24) is 9.55 Å². The summed E-state index contributed by atoms with van der Waals surface area (Å²) in [4.78, 5) is 3.93. The molecule has 1 aromatic rings. The molecular weight excluding hydrogens is 152 g/mol. The van der Waals surface area contributed by atoms with Crippen molar-refractivity contribution in [3.05, 3.63) is 17.7 Å². The van der Waals surface area contributed by atoms with Crippen LogP contribution in [0.4, 0.5) is 0 Å². The van der Waals surface area contributed by atoms with Crippen LogP contribution in [0.15, 0.2) is 6.20 Å². The lowest BCUT2D eigenvalue weighted by Crippen LogP contribution is -1.93. The molecule has 0 bridgehead atoms. The van der Waals surface area contributed by atoms with Crippen LogP contribution < -0.4 is 0 Å². The van der Waals surface area contributed by atoms with Gasteiger partial charge in [0.15, 0.2) is 0 Å². The Morgan fingerprint density at radius 2 is 2.00 bits per heavy atom. The summed E-state index contributed by atoms with van der Waals surface area (Å²) in [5, 5.41) is 15.7. The van der Waals surface area contributed by atoms with E-state index in [1.807, 2.05) is 20.0 Å². The summed E-state index contributed by atoms with van der Waals surface area (Å²) in [6.45, 7) is 3.29. The fourth-order valence-corrected chi connectivity index (χ4v) is 0.606. The maximum atomic E-state index is 8.42. The molecule has 1 aromatic heterocycles. The molecule has 12 heavy (non-hydrogen) atoms. The lowest BCUT2D eigenvalue weighted by molar-refractivity contribution is 0.845. The summed E-state index contributed by atoms with van der Waals surface area (Å²) in [5.41, 5.74) is 0.604. The highest BCUT2D eigenvalue weighted by Crippen LogP contribution is 1.97. The Kier molecular flexibility index (Phi) is 4.18. The molecule has 4 nitrogen and oxygen atoms in total. The van der Waals surface area contributed by atoms with Gasteiger partial charge in [0, 0.05) is 14.0 Å². The highest BCUT2D eigenvalue weighted by atomic mass is 15.0. The van der Waals surface area contributed by atoms with Crippen LogP contribution in [-0.2, 0) is 7.05 Å². The third-order valence-electron chi connectivity index (χ3n) is 1.33. The molecule has 1 heterocycles. The van der Waals surface area contributed by atoms with Crippen LogP contribution in [0, 0.1) is 29.6 Å². The fourth-order valence-electron chi connectivity index (χ4n) is 0.606. The van der Waals surface area contributed by atoms with Crippen LogP contribution in [0.1, 0.15) is 18.4 Å². The molecule has 0 amide bonds. The van der Waals surface area contributed by atoms with Crippen LogP contribution >= 0.6 is 0 Å². The molecule has 0 N–H and O–H groups in total. The second kappa shape index (κ2) is 4.92. The molecule has 0 atom stereocenters. The zero-order chi connectivity index (χ0) is 9.56. The summed E-state index contributed by atoms with van der Waals surface area (Å²) < 4.78 is 1.75. The first-order valence-corrected chi connectivity index (χ1v) is 3.36. The van der Waals surface area contributed by atoms with Gasteiger partial charge in [0.2, 0.25) is 0 Å². The first kappa shape index (κ1) is 10.2. The van der Waals surface area contributed by atoms with Gasteiger partial charge in [-0.15, -0.1) is 0 Å². The molecule has 0 spiro atoms. The van der Waals surface area contributed by atoms with Crippen molar-refractivity contribution < 1.29 is 0 Å². The van der Waals surface area contributed by atoms with Crippen LogP contribution in [0.5, 0.6) is 0 Å². The van der Waals surface area contributed by atoms with E-state index in [9.17, 15) is 0 Å². The molecule has 0 aromatic carbocycles. The molecule has 0 aliphatic heterocycles. The van der Waals surface area contributed by atoms with E-state index in [4.69, 9.17) is 10.5 Å². The van der Waals surface area contributed by atoms with Gasteiger partial charge in [0.1, 0.15) is 17.6 Å². The standard InChI is InChI=1S/C6H7N3.C2H3N/c1-5-8-4-6(3-7)9(5)2;1-2-3/h4H,1-2H3;1H3. The van der Waals surface area contributed by atoms with E-state index in [2.05, 4.69) is 4.98 Å². The zero-order valence-corrected chi connectivity index (χ0v) is 7.37. The Morgan fingerprint density at radius 1 is 1.50 bits per heavy atom. The lowest BCUT2D eigenvalue weighted by Gasteiger charge is -1.91. The average molecular weight is 162 g/mol. The number of rotatable bonds is 0. The van der Waals surface area contributed by atoms with Gasteiger partial charge in [-0.05, 0) is 6.92 Å². The van der Waals surface area contributed by atoms with Gasteiger partial charge in [-0.25, -0.2) is 4.98 Å². The molecule has 0 fully saturated rings. The smallest absolute Gasteiger partial charge is 0.139 e. The second-order valence-corrected chi connectivity index (χ2v) is 2.09. The third-order valence-corrected chi connectivity index (χ3v) is 1.33. The van der Waals surface area contributed by atoms with Crippen molar-refractivity contribution in [3.63, 3.8) is 0 Å². The number of nitriles is 2. The van der Waals surface area contributed by atoms with Gasteiger partial charge >= 0.3 is 0 Å². The average Bonchev–Trinajstić information content (AvgIpc) is 2.35. The molecule has 0 aliphatic carbocycles. The number of aromatic nitrogens is 2. The van der Waals surface area contributed by atoms with Crippen molar-refractivity contribution in [2.45, 2.75) is 13.8 Å². The van der Waals surface area contributed by atoms with Gasteiger partial charge in [-0.3, -0.25) is 0 Å². The number of hydrogen-bond acceptors (Lipinski definition) is 3. The normalized spacial score (nSPS) is 7.42. The van der Waals surface area contributed by atoms with Gasteiger partial charge in [-0.1, -0.05) is 0 Å². The predicted molar refractivity (Wildman–Crippen MR) is 43.9 cm³/mol. The number of aryl methyl sites for hydroxylation is 1. The summed E-state index contributed by atoms with van der Waals surface area (Å²) in [6.07, 6.45) is 1.56. The number of imidazole rings is 1. The highest BCUT2D eigenvalue weighted by molar-refractivity contribution is 5.19. The van der Waals surface area contributed by atoms with E-state index >= 15 is 0 Å². The van der Waals surface area contributed by atoms with Gasteiger partial charge in [0.05, 0.1) is 12.3 Å². The first-order valence-electron chi connectivity index (χ1n) is 3.36. The van der Waals surface area contributed by atoms with Crippen molar-refractivity contribution in [2.75, 3.05) is 0 Å². The molecule has 62 valence electrons. The third kappa shape index (κ3) is 2.43. The van der Waals surface area contributed by atoms with Crippen LogP contribution in [0.2, 0.25) is 0 Å². The summed E-state index contributed by atoms with van der Waals surface area (Å²) >= 11 is 0. The number of nitrogens with zero attached hydrogens (tertiary/aromatic N) is 4. The first-order chi connectivity index (χ1) is 5.67. The Balaban J connectivity index is 0.000000354. The van der Waals surface area contributed by atoms with E-state index in [1.54, 1.807) is 16.8 Å². The van der Waals surface area contributed by atoms with Gasteiger partial charge in [0.25, 0.3) is 0 Å². The topological polar surface area (TPSA) is 65.4 Å². The Labute approximate surface area is 71.7 Å². The van der Waals surface area contributed by atoms with Crippen LogP contribution in [0.3, 0.4) is 0 Å². The SMILES string of the molecule is CC#N.Cc1ncc(C#N)n1C. The maximum absolute atomic E-state index is 8.42. The molecule has 0 saturated heterocycles. The van der Waals surface area contributed by atoms with Crippen molar-refractivity contribution >= 4 is 0 Å². The minimum Gasteiger partial charge on any atom is -0.323 e. The van der Waals surface area contributed by atoms with E-state index < -0.39 is 0 Å². The quantitative estimate of drug-likeness (QED) is 0.574. The lowest BCUT2D eigenvalue weighted by atomic mass is 10.5. The summed E-state index contributed by atoms with van der Waals surface area (Å²) in [7, 11) is 1.82. The Morgan fingerprint density at radius 3 is 2.17 bits per heavy atom. The summed E-state index contributed by atoms with van der Waals surface area (Å²) in [5.74, 6) is 0.867. The van der Waals surface area contributed by atoms with E-state index in [0.29, 0.717) is 5.69 Å². The van der Waals surface area contributed by atoms with Crippen molar-refractivity contribution in [2.24, 2.45) is 7.05 Å². The molecule has 0 radical (unpaired) electrons. The van der Waals surface area contributed by atoms with Crippen molar-refractivity contribution in [3.8, 4) is 12.1 Å². The fraction of sp³-hybridized carbons (Fsp3) is 0.375. The highest BCUT2D eigenvalue weighted by Gasteiger charge is 1.97. The predicted octanol–water partition coefficient (Wildman–Crippen LogP) is 1.13. The van der Waals surface area contributed by atoms with Crippen molar-refractivity contribution in [1.29, 1.82) is 10.5 Å². The molecule has 0 unspecified atom stereocenters. The van der Waals surface area contributed by atoms with Crippen LogP contribution in [0.25, 0.3) is 0 Å². The van der Waals surface area contributed by atoms with Gasteiger partial charge < -0.3 is 4.57 Å². The second-order valence-electron chi connectivity index (χ2n) is 2.09. The monoisotopic (exact) mass is 162 g/mol. The molecule has 1 rings (SSSR count). The molecular formula is C8H10N4. The van der Waals surface area contributed by atoms with Crippen LogP contribution in [-0.4, -0.2) is 9.55 Å². The minimum absolute atomic E-state index is 0.604. The van der Waals surface area contributed by atoms with E-state index in [1.165, 1.54) is 6.92 Å². The Bertz CT molecular complexity index is 324. The zero-order valence-electron chi connectivity index (χ0n) is 7.37. The van der Waals surface area contributed by atoms with Gasteiger partial charge in [-0.2, -0.15) is 10.5 Å². The minimum atomic E-state index is 0.604. The number of hydrogen-bond donors (Lipinski definition) is 0. The molecule has 0 saturated carbocycles. The molecule has 4 heteroatoms. The largest absolute Gasteiger partial charge is 0.323 e. The van der Waals surface area contributed by atoms with E-state index in [0.717, 1.165) is 5.82 Å². The molecule has 0 aliphatic rings. The Hall–Kier alpha value is -1.81.